The average Bonchev–Trinajstić information content (AvgIpc) is 2.87. The quantitative estimate of drug-likeness (QED) is 0.745. The molecule has 0 aliphatic carbocycles. The Bertz CT molecular complexity index is 643. The second-order valence-electron chi connectivity index (χ2n) is 3.87. The lowest BCUT2D eigenvalue weighted by Crippen LogP contribution is -1.84. The van der Waals surface area contributed by atoms with Gasteiger partial charge in [-0.1, -0.05) is 24.3 Å². The van der Waals surface area contributed by atoms with Gasteiger partial charge in [0.1, 0.15) is 0 Å². The van der Waals surface area contributed by atoms with Crippen LogP contribution in [-0.4, -0.2) is 10.1 Å². The number of thiophene rings is 1. The molecule has 3 heteroatoms. The van der Waals surface area contributed by atoms with Crippen molar-refractivity contribution in [1.82, 2.24) is 4.98 Å². The van der Waals surface area contributed by atoms with Gasteiger partial charge in [0.15, 0.2) is 0 Å². The van der Waals surface area contributed by atoms with Crippen molar-refractivity contribution < 1.29 is 5.11 Å². The Labute approximate surface area is 103 Å². The van der Waals surface area contributed by atoms with Crippen LogP contribution in [0.1, 0.15) is 5.56 Å². The summed E-state index contributed by atoms with van der Waals surface area (Å²) in [5.41, 5.74) is 3.21. The minimum absolute atomic E-state index is 0.0845. The average molecular weight is 241 g/mol. The second-order valence-corrected chi connectivity index (χ2v) is 4.82. The van der Waals surface area contributed by atoms with E-state index in [0.717, 1.165) is 16.7 Å². The lowest BCUT2D eigenvalue weighted by atomic mass is 10.0. The fourth-order valence-corrected chi connectivity index (χ4v) is 2.69. The zero-order valence-electron chi connectivity index (χ0n) is 9.13. The van der Waals surface area contributed by atoms with Gasteiger partial charge in [0.25, 0.3) is 0 Å². The molecule has 0 aliphatic heterocycles. The summed E-state index contributed by atoms with van der Waals surface area (Å²) in [4.78, 5) is 4.27. The molecule has 2 aromatic heterocycles. The summed E-state index contributed by atoms with van der Waals surface area (Å²) in [5.74, 6) is 0. The van der Waals surface area contributed by atoms with E-state index in [4.69, 9.17) is 5.11 Å². The summed E-state index contributed by atoms with van der Waals surface area (Å²) in [6.07, 6.45) is 3.79. The number of fused-ring (bicyclic) bond motifs is 1. The number of hydrogen-bond donors (Lipinski definition) is 1. The molecule has 0 bridgehead atoms. The highest BCUT2D eigenvalue weighted by molar-refractivity contribution is 7.17. The van der Waals surface area contributed by atoms with Gasteiger partial charge < -0.3 is 5.11 Å². The molecule has 0 radical (unpaired) electrons. The third-order valence-corrected chi connectivity index (χ3v) is 3.68. The van der Waals surface area contributed by atoms with Crippen molar-refractivity contribution in [2.24, 2.45) is 0 Å². The van der Waals surface area contributed by atoms with Crippen LogP contribution in [0, 0.1) is 0 Å². The molecule has 1 N–H and O–H groups in total. The molecule has 84 valence electrons. The van der Waals surface area contributed by atoms with E-state index in [1.807, 2.05) is 36.7 Å². The van der Waals surface area contributed by atoms with Gasteiger partial charge in [0.2, 0.25) is 0 Å². The van der Waals surface area contributed by atoms with Crippen LogP contribution in [0.25, 0.3) is 21.2 Å². The van der Waals surface area contributed by atoms with Gasteiger partial charge in [0, 0.05) is 23.3 Å². The Hall–Kier alpha value is -1.71. The van der Waals surface area contributed by atoms with Crippen molar-refractivity contribution in [2.75, 3.05) is 0 Å². The number of aliphatic hydroxyl groups is 1. The van der Waals surface area contributed by atoms with Crippen molar-refractivity contribution in [1.29, 1.82) is 0 Å². The second kappa shape index (κ2) is 4.28. The van der Waals surface area contributed by atoms with Gasteiger partial charge in [-0.2, -0.15) is 0 Å². The molecule has 17 heavy (non-hydrogen) atoms. The first kappa shape index (κ1) is 10.4. The van der Waals surface area contributed by atoms with Crippen LogP contribution in [0.15, 0.2) is 48.1 Å². The molecular formula is C14H11NOS. The molecule has 1 aromatic carbocycles. The third kappa shape index (κ3) is 1.84. The molecule has 0 unspecified atom stereocenters. The third-order valence-electron chi connectivity index (χ3n) is 2.83. The predicted octanol–water partition coefficient (Wildman–Crippen LogP) is 3.46. The van der Waals surface area contributed by atoms with Gasteiger partial charge in [0.05, 0.1) is 11.3 Å². The van der Waals surface area contributed by atoms with Crippen molar-refractivity contribution in [3.8, 4) is 11.1 Å². The van der Waals surface area contributed by atoms with Crippen LogP contribution in [0.2, 0.25) is 0 Å². The summed E-state index contributed by atoms with van der Waals surface area (Å²) >= 11 is 1.70. The molecule has 0 saturated heterocycles. The molecule has 3 rings (SSSR count). The minimum Gasteiger partial charge on any atom is -0.392 e. The molecule has 3 aromatic rings. The summed E-state index contributed by atoms with van der Waals surface area (Å²) in [6.45, 7) is 0.0845. The van der Waals surface area contributed by atoms with E-state index in [1.54, 1.807) is 11.3 Å². The van der Waals surface area contributed by atoms with E-state index in [1.165, 1.54) is 10.1 Å². The number of aromatic nitrogens is 1. The molecule has 0 amide bonds. The number of aliphatic hydroxyl groups excluding tert-OH is 1. The van der Waals surface area contributed by atoms with E-state index in [2.05, 4.69) is 16.4 Å². The minimum atomic E-state index is 0.0845. The fraction of sp³-hybridized carbons (Fsp3) is 0.0714. The monoisotopic (exact) mass is 241 g/mol. The Morgan fingerprint density at radius 1 is 1.06 bits per heavy atom. The largest absolute Gasteiger partial charge is 0.392 e. The fourth-order valence-electron chi connectivity index (χ4n) is 1.91. The molecule has 0 fully saturated rings. The van der Waals surface area contributed by atoms with Crippen LogP contribution in [-0.2, 0) is 6.61 Å². The first-order valence-electron chi connectivity index (χ1n) is 5.40. The molecule has 0 spiro atoms. The van der Waals surface area contributed by atoms with Gasteiger partial charge in [-0.15, -0.1) is 11.3 Å². The Balaban J connectivity index is 2.16. The highest BCUT2D eigenvalue weighted by atomic mass is 32.1. The topological polar surface area (TPSA) is 33.1 Å². The lowest BCUT2D eigenvalue weighted by molar-refractivity contribution is 0.282. The number of nitrogens with zero attached hydrogens (tertiary/aromatic N) is 1. The van der Waals surface area contributed by atoms with Gasteiger partial charge in [-0.3, -0.25) is 4.98 Å². The van der Waals surface area contributed by atoms with Crippen LogP contribution in [0.5, 0.6) is 0 Å². The highest BCUT2D eigenvalue weighted by Gasteiger charge is 2.04. The molecule has 0 atom stereocenters. The maximum atomic E-state index is 9.03. The number of benzene rings is 1. The first-order valence-corrected chi connectivity index (χ1v) is 6.28. The highest BCUT2D eigenvalue weighted by Crippen LogP contribution is 2.30. The number of pyridine rings is 1. The van der Waals surface area contributed by atoms with E-state index in [-0.39, 0.29) is 6.61 Å². The Kier molecular flexibility index (Phi) is 2.63. The normalized spacial score (nSPS) is 10.9. The van der Waals surface area contributed by atoms with Gasteiger partial charge in [-0.25, -0.2) is 0 Å². The predicted molar refractivity (Wildman–Crippen MR) is 71.0 cm³/mol. The molecule has 0 saturated carbocycles. The van der Waals surface area contributed by atoms with Gasteiger partial charge >= 0.3 is 0 Å². The maximum Gasteiger partial charge on any atom is 0.0681 e. The number of hydrogen-bond acceptors (Lipinski definition) is 3. The SMILES string of the molecule is OCc1ccc(-c2cncc3sccc23)cc1. The summed E-state index contributed by atoms with van der Waals surface area (Å²) < 4.78 is 1.20. The molecule has 0 aliphatic rings. The van der Waals surface area contributed by atoms with E-state index in [9.17, 15) is 0 Å². The van der Waals surface area contributed by atoms with Crippen LogP contribution in [0.4, 0.5) is 0 Å². The molecule has 2 nitrogen and oxygen atoms in total. The summed E-state index contributed by atoms with van der Waals surface area (Å²) in [6, 6.07) is 10.1. The summed E-state index contributed by atoms with van der Waals surface area (Å²) in [7, 11) is 0. The lowest BCUT2D eigenvalue weighted by Gasteiger charge is -2.04. The van der Waals surface area contributed by atoms with Crippen molar-refractivity contribution in [3.05, 3.63) is 53.7 Å². The standard InChI is InChI=1S/C14H11NOS/c16-9-10-1-3-11(4-2-10)13-7-15-8-14-12(13)5-6-17-14/h1-8,16H,9H2. The maximum absolute atomic E-state index is 9.03. The number of rotatable bonds is 2. The smallest absolute Gasteiger partial charge is 0.0681 e. The van der Waals surface area contributed by atoms with Crippen molar-refractivity contribution >= 4 is 21.4 Å². The Morgan fingerprint density at radius 3 is 2.65 bits per heavy atom. The van der Waals surface area contributed by atoms with Crippen LogP contribution < -0.4 is 0 Å². The zero-order chi connectivity index (χ0) is 11.7. The van der Waals surface area contributed by atoms with E-state index in [0.29, 0.717) is 0 Å². The summed E-state index contributed by atoms with van der Waals surface area (Å²) in [5, 5.41) is 12.3. The van der Waals surface area contributed by atoms with Gasteiger partial charge in [-0.05, 0) is 22.6 Å². The van der Waals surface area contributed by atoms with E-state index < -0.39 is 0 Å². The molecule has 2 heterocycles. The molecular weight excluding hydrogens is 230 g/mol. The Morgan fingerprint density at radius 2 is 1.88 bits per heavy atom. The van der Waals surface area contributed by atoms with Crippen molar-refractivity contribution in [3.63, 3.8) is 0 Å². The zero-order valence-corrected chi connectivity index (χ0v) is 9.95. The van der Waals surface area contributed by atoms with E-state index >= 15 is 0 Å². The van der Waals surface area contributed by atoms with Crippen molar-refractivity contribution in [2.45, 2.75) is 6.61 Å². The van der Waals surface area contributed by atoms with Crippen LogP contribution in [0.3, 0.4) is 0 Å². The first-order chi connectivity index (χ1) is 8.38. The van der Waals surface area contributed by atoms with Crippen LogP contribution >= 0.6 is 11.3 Å².